The van der Waals surface area contributed by atoms with Gasteiger partial charge in [-0.3, -0.25) is 0 Å². The highest BCUT2D eigenvalue weighted by Gasteiger charge is 2.50. The molecule has 0 rings (SSSR count). The highest BCUT2D eigenvalue weighted by molar-refractivity contribution is 14.1. The second kappa shape index (κ2) is 3.84. The zero-order valence-corrected chi connectivity index (χ0v) is 9.96. The van der Waals surface area contributed by atoms with Crippen LogP contribution in [0.5, 0.6) is 0 Å². The Morgan fingerprint density at radius 2 is 1.58 bits per heavy atom. The average Bonchev–Trinajstić information content (AvgIpc) is 1.83. The summed E-state index contributed by atoms with van der Waals surface area (Å²) in [6, 6.07) is 0. The molecule has 0 aliphatic carbocycles. The maximum atomic E-state index is 13.5. The molecule has 0 radical (unpaired) electrons. The van der Waals surface area contributed by atoms with E-state index in [2.05, 4.69) is 0 Å². The predicted octanol–water partition coefficient (Wildman–Crippen LogP) is 1.49. The second-order valence-corrected chi connectivity index (χ2v) is 5.35. The topological polar surface area (TPSA) is 40.5 Å². The molecule has 0 saturated carbocycles. The van der Waals surface area contributed by atoms with Gasteiger partial charge in [-0.1, -0.05) is 13.8 Å². The molecule has 0 aliphatic heterocycles. The van der Waals surface area contributed by atoms with E-state index in [1.807, 2.05) is 0 Å². The first-order valence-electron chi connectivity index (χ1n) is 3.78. The summed E-state index contributed by atoms with van der Waals surface area (Å²) >= 11 is 1.74. The first-order chi connectivity index (χ1) is 5.10. The normalized spacial score (nSPS) is 13.0. The maximum absolute atomic E-state index is 13.5. The summed E-state index contributed by atoms with van der Waals surface area (Å²) in [5.41, 5.74) is -1.41. The Balaban J connectivity index is 4.57. The van der Waals surface area contributed by atoms with E-state index >= 15 is 0 Å². The molecule has 0 saturated heterocycles. The summed E-state index contributed by atoms with van der Waals surface area (Å²) < 4.78 is 12.7. The summed E-state index contributed by atoms with van der Waals surface area (Å²) in [7, 11) is 0. The Hall–Kier alpha value is 0.710. The first-order valence-corrected chi connectivity index (χ1v) is 5.03. The molecule has 70 valence electrons. The van der Waals surface area contributed by atoms with Crippen LogP contribution in [-0.2, 0) is 0 Å². The summed E-state index contributed by atoms with van der Waals surface area (Å²) in [5.74, 6) is 0. The fourth-order valence-electron chi connectivity index (χ4n) is 1.03. The lowest BCUT2D eigenvalue weighted by atomic mass is 9.32. The number of rotatable bonds is 3. The van der Waals surface area contributed by atoms with Crippen molar-refractivity contribution < 1.29 is 14.4 Å². The summed E-state index contributed by atoms with van der Waals surface area (Å²) in [6.07, 6.45) is 0. The van der Waals surface area contributed by atoms with Crippen LogP contribution < -0.4 is 0 Å². The van der Waals surface area contributed by atoms with Gasteiger partial charge in [0, 0.05) is 0 Å². The van der Waals surface area contributed by atoms with Crippen molar-refractivity contribution in [2.45, 2.75) is 38.4 Å². The molecule has 0 spiro atoms. The number of halogens is 2. The minimum Gasteiger partial charge on any atom is -0.442 e. The van der Waals surface area contributed by atoms with Crippen molar-refractivity contribution >= 4 is 34.1 Å². The Labute approximate surface area is 87.0 Å². The maximum Gasteiger partial charge on any atom is 0.381 e. The van der Waals surface area contributed by atoms with E-state index in [0.29, 0.717) is 0 Å². The molecule has 0 bridgehead atoms. The molecule has 2 N–H and O–H groups in total. The zero-order chi connectivity index (χ0) is 10.2. The number of hydrogen-bond acceptors (Lipinski definition) is 2. The van der Waals surface area contributed by atoms with Crippen LogP contribution >= 0.6 is 22.4 Å². The van der Waals surface area contributed by atoms with E-state index in [1.54, 1.807) is 36.2 Å². The van der Waals surface area contributed by atoms with Crippen LogP contribution in [0, 0.1) is 0 Å². The molecule has 0 heterocycles. The molecule has 12 heavy (non-hydrogen) atoms. The van der Waals surface area contributed by atoms with Crippen molar-refractivity contribution in [2.24, 2.45) is 0 Å². The minimum atomic E-state index is -1.45. The molecule has 0 atom stereocenters. The Morgan fingerprint density at radius 3 is 1.67 bits per heavy atom. The lowest BCUT2D eigenvalue weighted by molar-refractivity contribution is 0.148. The zero-order valence-electron chi connectivity index (χ0n) is 7.81. The third-order valence-electron chi connectivity index (χ3n) is 1.89. The van der Waals surface area contributed by atoms with Gasteiger partial charge in [-0.25, -0.2) is 0 Å². The van der Waals surface area contributed by atoms with Gasteiger partial charge >= 0.3 is 11.8 Å². The van der Waals surface area contributed by atoms with Crippen molar-refractivity contribution in [1.82, 2.24) is 0 Å². The minimum absolute atomic E-state index is 0.809. The summed E-state index contributed by atoms with van der Waals surface area (Å²) in [6.45, 7) is 4.54. The largest absolute Gasteiger partial charge is 0.442 e. The lowest BCUT2D eigenvalue weighted by Gasteiger charge is -2.32. The molecule has 0 aliphatic rings. The van der Waals surface area contributed by atoms with Gasteiger partial charge in [0.05, 0.1) is 5.50 Å². The van der Waals surface area contributed by atoms with Gasteiger partial charge in [-0.05, 0) is 19.1 Å². The predicted molar refractivity (Wildman–Crippen MR) is 59.2 cm³/mol. The van der Waals surface area contributed by atoms with Crippen molar-refractivity contribution in [3.8, 4) is 0 Å². The quantitative estimate of drug-likeness (QED) is 0.609. The smallest absolute Gasteiger partial charge is 0.381 e. The van der Waals surface area contributed by atoms with Gasteiger partial charge in [0.2, 0.25) is 0 Å². The summed E-state index contributed by atoms with van der Waals surface area (Å²) in [5, 5.41) is 17.7. The molecule has 6 heteroatoms. The van der Waals surface area contributed by atoms with Crippen LogP contribution in [-0.4, -0.2) is 27.4 Å². The molecule has 0 amide bonds. The van der Waals surface area contributed by atoms with Crippen LogP contribution in [0.2, 0.25) is 5.21 Å². The molecule has 0 aromatic rings. The van der Waals surface area contributed by atoms with E-state index in [-0.39, 0.29) is 0 Å². The molecular formula is C6H14B2FIO2. The summed E-state index contributed by atoms with van der Waals surface area (Å²) in [4.78, 5) is 0. The lowest BCUT2D eigenvalue weighted by Crippen LogP contribution is -2.49. The molecule has 0 aromatic carbocycles. The van der Waals surface area contributed by atoms with E-state index in [0.717, 1.165) is 0 Å². The fraction of sp³-hybridized carbons (Fsp3) is 1.00. The highest BCUT2D eigenvalue weighted by atomic mass is 127. The second-order valence-electron chi connectivity index (χ2n) is 4.17. The van der Waals surface area contributed by atoms with Crippen molar-refractivity contribution in [2.75, 3.05) is 0 Å². The van der Waals surface area contributed by atoms with E-state index in [1.165, 1.54) is 13.8 Å². The SMILES string of the molecule is CC(C)(O)B(F)C(C)(C)B(O)I. The third kappa shape index (κ3) is 2.88. The van der Waals surface area contributed by atoms with Crippen LogP contribution in [0.25, 0.3) is 0 Å². The van der Waals surface area contributed by atoms with Gasteiger partial charge < -0.3 is 14.4 Å². The van der Waals surface area contributed by atoms with E-state index < -0.39 is 22.5 Å². The average molecular weight is 286 g/mol. The molecular weight excluding hydrogens is 272 g/mol. The van der Waals surface area contributed by atoms with Crippen LogP contribution in [0.3, 0.4) is 0 Å². The van der Waals surface area contributed by atoms with Gasteiger partial charge in [-0.15, -0.1) is 22.4 Å². The Bertz CT molecular complexity index is 158. The molecule has 2 nitrogen and oxygen atoms in total. The van der Waals surface area contributed by atoms with Gasteiger partial charge in [0.25, 0.3) is 0 Å². The highest BCUT2D eigenvalue weighted by Crippen LogP contribution is 2.38. The third-order valence-corrected chi connectivity index (χ3v) is 3.49. The fourth-order valence-corrected chi connectivity index (χ4v) is 1.35. The van der Waals surface area contributed by atoms with Crippen LogP contribution in [0.15, 0.2) is 0 Å². The van der Waals surface area contributed by atoms with Crippen molar-refractivity contribution in [1.29, 1.82) is 0 Å². The van der Waals surface area contributed by atoms with Crippen molar-refractivity contribution in [3.63, 3.8) is 0 Å². The Morgan fingerprint density at radius 1 is 1.25 bits per heavy atom. The van der Waals surface area contributed by atoms with Gasteiger partial charge in [0.15, 0.2) is 0 Å². The number of hydrogen-bond donors (Lipinski definition) is 2. The number of aliphatic hydroxyl groups is 1. The van der Waals surface area contributed by atoms with Crippen LogP contribution in [0.4, 0.5) is 4.32 Å². The van der Waals surface area contributed by atoms with Crippen LogP contribution in [0.1, 0.15) is 27.7 Å². The standard InChI is InChI=1S/C6H14B2FIO2/c1-5(2,8(10)12)7(9)6(3,4)11/h11-12H,1-4H3. The van der Waals surface area contributed by atoms with Gasteiger partial charge in [-0.2, -0.15) is 0 Å². The van der Waals surface area contributed by atoms with Gasteiger partial charge in [0.1, 0.15) is 0 Å². The molecule has 0 fully saturated rings. The van der Waals surface area contributed by atoms with Crippen molar-refractivity contribution in [3.05, 3.63) is 0 Å². The first kappa shape index (κ1) is 12.7. The molecule has 0 aromatic heterocycles. The Kier molecular flexibility index (Phi) is 4.06. The molecule has 0 unspecified atom stereocenters. The van der Waals surface area contributed by atoms with E-state index in [4.69, 9.17) is 0 Å². The monoisotopic (exact) mass is 286 g/mol. The van der Waals surface area contributed by atoms with E-state index in [9.17, 15) is 14.4 Å².